The predicted octanol–water partition coefficient (Wildman–Crippen LogP) is 3.87. The first-order valence-corrected chi connectivity index (χ1v) is 13.4. The topological polar surface area (TPSA) is 93.2 Å². The molecule has 200 valence electrons. The SMILES string of the molecule is Cc1ccc(CC(=O)c2ccc(CN3CCN(C)CC3)cc2)cc1C#Cc1nn(C(C)C)c2ncnc(N)c12. The molecule has 0 atom stereocenters. The van der Waals surface area contributed by atoms with Crippen molar-refractivity contribution in [1.82, 2.24) is 29.5 Å². The maximum absolute atomic E-state index is 13.1. The molecule has 1 saturated heterocycles. The third-order valence-electron chi connectivity index (χ3n) is 7.27. The number of likely N-dealkylation sites (N-methyl/N-ethyl adjacent to an activating group) is 1. The number of Topliss-reactive ketones (excluding diaryl/α,β-unsaturated/α-hetero) is 1. The summed E-state index contributed by atoms with van der Waals surface area (Å²) in [6, 6.07) is 14.2. The van der Waals surface area contributed by atoms with Gasteiger partial charge >= 0.3 is 0 Å². The molecule has 0 saturated carbocycles. The quantitative estimate of drug-likeness (QED) is 0.304. The number of anilines is 1. The lowest BCUT2D eigenvalue weighted by atomic mass is 9.98. The van der Waals surface area contributed by atoms with Gasteiger partial charge in [-0.2, -0.15) is 5.10 Å². The second-order valence-electron chi connectivity index (χ2n) is 10.6. The van der Waals surface area contributed by atoms with E-state index in [1.807, 2.05) is 55.8 Å². The molecule has 0 aliphatic carbocycles. The fourth-order valence-electron chi connectivity index (χ4n) is 4.83. The van der Waals surface area contributed by atoms with Crippen molar-refractivity contribution >= 4 is 22.6 Å². The van der Waals surface area contributed by atoms with Gasteiger partial charge in [-0.25, -0.2) is 14.6 Å². The van der Waals surface area contributed by atoms with Crippen molar-refractivity contribution < 1.29 is 4.79 Å². The second kappa shape index (κ2) is 11.4. The monoisotopic (exact) mass is 521 g/mol. The highest BCUT2D eigenvalue weighted by atomic mass is 16.1. The number of aromatic nitrogens is 4. The number of fused-ring (bicyclic) bond motifs is 1. The molecular weight excluding hydrogens is 486 g/mol. The summed E-state index contributed by atoms with van der Waals surface area (Å²) in [5.41, 5.74) is 12.2. The number of hydrogen-bond acceptors (Lipinski definition) is 7. The average molecular weight is 522 g/mol. The lowest BCUT2D eigenvalue weighted by Crippen LogP contribution is -2.43. The van der Waals surface area contributed by atoms with Crippen LogP contribution in [-0.4, -0.2) is 68.6 Å². The minimum atomic E-state index is 0.0931. The summed E-state index contributed by atoms with van der Waals surface area (Å²) in [5.74, 6) is 6.88. The Kier molecular flexibility index (Phi) is 7.73. The number of carbonyl (C=O) groups excluding carboxylic acids is 1. The van der Waals surface area contributed by atoms with Gasteiger partial charge in [0.15, 0.2) is 11.4 Å². The Morgan fingerprint density at radius 1 is 1.00 bits per heavy atom. The second-order valence-corrected chi connectivity index (χ2v) is 10.6. The minimum Gasteiger partial charge on any atom is -0.383 e. The summed E-state index contributed by atoms with van der Waals surface area (Å²) in [5, 5.41) is 5.32. The number of benzene rings is 2. The van der Waals surface area contributed by atoms with Crippen molar-refractivity contribution in [1.29, 1.82) is 0 Å². The van der Waals surface area contributed by atoms with Gasteiger partial charge in [-0.05, 0) is 56.5 Å². The first-order chi connectivity index (χ1) is 18.8. The predicted molar refractivity (Wildman–Crippen MR) is 155 cm³/mol. The van der Waals surface area contributed by atoms with Crippen LogP contribution in [0.15, 0.2) is 48.8 Å². The van der Waals surface area contributed by atoms with E-state index in [2.05, 4.69) is 55.9 Å². The van der Waals surface area contributed by atoms with E-state index in [0.29, 0.717) is 29.0 Å². The van der Waals surface area contributed by atoms with E-state index < -0.39 is 0 Å². The molecule has 3 heterocycles. The lowest BCUT2D eigenvalue weighted by Gasteiger charge is -2.32. The van der Waals surface area contributed by atoms with E-state index in [0.717, 1.165) is 55.0 Å². The highest BCUT2D eigenvalue weighted by Gasteiger charge is 2.16. The Balaban J connectivity index is 1.31. The Bertz CT molecular complexity index is 1550. The maximum atomic E-state index is 13.1. The molecule has 2 N–H and O–H groups in total. The number of ketones is 1. The normalized spacial score (nSPS) is 14.5. The van der Waals surface area contributed by atoms with Gasteiger partial charge in [-0.15, -0.1) is 0 Å². The molecule has 8 nitrogen and oxygen atoms in total. The molecule has 39 heavy (non-hydrogen) atoms. The molecule has 1 aliphatic rings. The number of aryl methyl sites for hydroxylation is 1. The molecule has 0 unspecified atom stereocenters. The Labute approximate surface area is 229 Å². The van der Waals surface area contributed by atoms with Crippen molar-refractivity contribution in [2.45, 2.75) is 39.8 Å². The lowest BCUT2D eigenvalue weighted by molar-refractivity contribution is 0.0993. The fraction of sp³-hybridized carbons (Fsp3) is 0.355. The molecule has 4 aromatic rings. The first-order valence-electron chi connectivity index (χ1n) is 13.4. The van der Waals surface area contributed by atoms with Crippen LogP contribution in [0.1, 0.15) is 58.2 Å². The molecule has 0 spiro atoms. The molecule has 5 rings (SSSR count). The molecule has 0 amide bonds. The van der Waals surface area contributed by atoms with Gasteiger partial charge in [0.2, 0.25) is 0 Å². The zero-order valence-electron chi connectivity index (χ0n) is 23.1. The zero-order chi connectivity index (χ0) is 27.5. The highest BCUT2D eigenvalue weighted by molar-refractivity contribution is 5.97. The number of piperazine rings is 1. The summed E-state index contributed by atoms with van der Waals surface area (Å²) >= 11 is 0. The molecule has 2 aromatic heterocycles. The number of nitrogens with zero attached hydrogens (tertiary/aromatic N) is 6. The van der Waals surface area contributed by atoms with Gasteiger partial charge in [0.25, 0.3) is 0 Å². The highest BCUT2D eigenvalue weighted by Crippen LogP contribution is 2.23. The van der Waals surface area contributed by atoms with Gasteiger partial charge < -0.3 is 10.6 Å². The summed E-state index contributed by atoms with van der Waals surface area (Å²) in [4.78, 5) is 26.4. The number of carbonyl (C=O) groups is 1. The molecule has 0 radical (unpaired) electrons. The summed E-state index contributed by atoms with van der Waals surface area (Å²) in [6.07, 6.45) is 1.76. The number of rotatable bonds is 6. The minimum absolute atomic E-state index is 0.0931. The molecule has 2 aromatic carbocycles. The van der Waals surface area contributed by atoms with Crippen LogP contribution in [0, 0.1) is 18.8 Å². The summed E-state index contributed by atoms with van der Waals surface area (Å²) in [6.45, 7) is 11.3. The molecular formula is C31H35N7O. The third-order valence-corrected chi connectivity index (χ3v) is 7.27. The van der Waals surface area contributed by atoms with E-state index in [9.17, 15) is 4.79 Å². The van der Waals surface area contributed by atoms with Crippen LogP contribution < -0.4 is 5.73 Å². The van der Waals surface area contributed by atoms with Gasteiger partial charge in [0.1, 0.15) is 17.8 Å². The van der Waals surface area contributed by atoms with E-state index >= 15 is 0 Å². The molecule has 0 bridgehead atoms. The Morgan fingerprint density at radius 2 is 1.72 bits per heavy atom. The van der Waals surface area contributed by atoms with Gasteiger partial charge in [0.05, 0.1) is 5.39 Å². The smallest absolute Gasteiger partial charge is 0.167 e. The van der Waals surface area contributed by atoms with E-state index in [-0.39, 0.29) is 11.8 Å². The number of nitrogen functional groups attached to an aromatic ring is 1. The van der Waals surface area contributed by atoms with Crippen molar-refractivity contribution in [2.24, 2.45) is 0 Å². The van der Waals surface area contributed by atoms with Gasteiger partial charge in [-0.3, -0.25) is 9.69 Å². The zero-order valence-corrected chi connectivity index (χ0v) is 23.1. The van der Waals surface area contributed by atoms with Gasteiger partial charge in [-0.1, -0.05) is 42.3 Å². The van der Waals surface area contributed by atoms with Crippen molar-refractivity contribution in [3.8, 4) is 11.8 Å². The van der Waals surface area contributed by atoms with Crippen LogP contribution in [0.25, 0.3) is 11.0 Å². The van der Waals surface area contributed by atoms with Crippen LogP contribution in [0.5, 0.6) is 0 Å². The van der Waals surface area contributed by atoms with Gasteiger partial charge in [0, 0.05) is 56.3 Å². The van der Waals surface area contributed by atoms with Crippen molar-refractivity contribution in [2.75, 3.05) is 39.0 Å². The molecule has 1 aliphatic heterocycles. The number of hydrogen-bond donors (Lipinski definition) is 1. The maximum Gasteiger partial charge on any atom is 0.167 e. The van der Waals surface area contributed by atoms with Crippen molar-refractivity contribution in [3.63, 3.8) is 0 Å². The fourth-order valence-corrected chi connectivity index (χ4v) is 4.83. The van der Waals surface area contributed by atoms with Crippen LogP contribution in [0.4, 0.5) is 5.82 Å². The van der Waals surface area contributed by atoms with Crippen LogP contribution >= 0.6 is 0 Å². The number of nitrogens with two attached hydrogens (primary N) is 1. The van der Waals surface area contributed by atoms with E-state index in [1.54, 1.807) is 0 Å². The Hall–Kier alpha value is -4.06. The Morgan fingerprint density at radius 3 is 2.44 bits per heavy atom. The largest absolute Gasteiger partial charge is 0.383 e. The van der Waals surface area contributed by atoms with Crippen LogP contribution in [0.3, 0.4) is 0 Å². The van der Waals surface area contributed by atoms with E-state index in [1.165, 1.54) is 11.9 Å². The first kappa shape index (κ1) is 26.5. The van der Waals surface area contributed by atoms with Crippen molar-refractivity contribution in [3.05, 3.63) is 82.3 Å². The standard InChI is InChI=1S/C31H35N7O/c1-21(2)38-31-29(30(32)33-20-34-31)27(35-38)12-11-26-17-24(6-5-22(26)3)18-28(39)25-9-7-23(8-10-25)19-37-15-13-36(4)14-16-37/h5-10,17,20-21H,13-16,18-19H2,1-4H3,(H2,32,33,34). The third kappa shape index (κ3) is 6.00. The average Bonchev–Trinajstić information content (AvgIpc) is 3.31. The summed E-state index contributed by atoms with van der Waals surface area (Å²) in [7, 11) is 2.16. The molecule has 1 fully saturated rings. The van der Waals surface area contributed by atoms with E-state index in [4.69, 9.17) is 5.73 Å². The molecule has 8 heteroatoms. The van der Waals surface area contributed by atoms with Crippen LogP contribution in [0.2, 0.25) is 0 Å². The van der Waals surface area contributed by atoms with Crippen LogP contribution in [-0.2, 0) is 13.0 Å². The summed E-state index contributed by atoms with van der Waals surface area (Å²) < 4.78 is 1.82.